The Morgan fingerprint density at radius 3 is 2.29 bits per heavy atom. The van der Waals surface area contributed by atoms with E-state index >= 15 is 0 Å². The Kier molecular flexibility index (Phi) is 5.61. The lowest BCUT2D eigenvalue weighted by atomic mass is 9.91. The largest absolute Gasteiger partial charge is 0.304 e. The lowest BCUT2D eigenvalue weighted by Gasteiger charge is -2.35. The fraction of sp³-hybridized carbons (Fsp3) is 1.00. The van der Waals surface area contributed by atoms with Crippen LogP contribution in [0.5, 0.6) is 0 Å². The molecule has 0 bridgehead atoms. The molecule has 0 aliphatic carbocycles. The van der Waals surface area contributed by atoms with Crippen molar-refractivity contribution in [3.05, 3.63) is 0 Å². The zero-order chi connectivity index (χ0) is 13.1. The molecule has 102 valence electrons. The minimum atomic E-state index is -0.943. The maximum Gasteiger partial charge on any atom is 0.0972 e. The molecule has 1 saturated heterocycles. The van der Waals surface area contributed by atoms with Crippen molar-refractivity contribution >= 4 is 11.0 Å². The molecule has 0 radical (unpaired) electrons. The molecule has 3 nitrogen and oxygen atoms in total. The van der Waals surface area contributed by atoms with E-state index in [-0.39, 0.29) is 4.75 Å². The van der Waals surface area contributed by atoms with Gasteiger partial charge in [-0.15, -0.1) is 0 Å². The smallest absolute Gasteiger partial charge is 0.0972 e. The fourth-order valence-corrected chi connectivity index (χ4v) is 3.09. The van der Waals surface area contributed by atoms with E-state index < -0.39 is 11.0 Å². The first-order chi connectivity index (χ1) is 7.84. The molecule has 0 aromatic heterocycles. The summed E-state index contributed by atoms with van der Waals surface area (Å²) in [5.41, 5.74) is 0. The zero-order valence-electron chi connectivity index (χ0n) is 12.0. The quantitative estimate of drug-likeness (QED) is 0.840. The van der Waals surface area contributed by atoms with E-state index in [9.17, 15) is 4.21 Å². The molecule has 0 amide bonds. The molecule has 0 spiro atoms. The van der Waals surface area contributed by atoms with Gasteiger partial charge in [-0.05, 0) is 66.1 Å². The molecular formula is C13H28N2OS. The molecule has 1 rings (SSSR count). The molecule has 1 aliphatic heterocycles. The third kappa shape index (κ3) is 4.68. The molecule has 0 aromatic carbocycles. The number of hydrogen-bond donors (Lipinski definition) is 1. The summed E-state index contributed by atoms with van der Waals surface area (Å²) in [6.45, 7) is 14.0. The van der Waals surface area contributed by atoms with Crippen LogP contribution in [0.2, 0.25) is 0 Å². The number of nitrogens with one attached hydrogen (secondary N) is 1. The highest BCUT2D eigenvalue weighted by molar-refractivity contribution is 7.84. The number of piperidine rings is 1. The van der Waals surface area contributed by atoms with Gasteiger partial charge in [-0.2, -0.15) is 0 Å². The molecular weight excluding hydrogens is 232 g/mol. The van der Waals surface area contributed by atoms with Crippen LogP contribution >= 0.6 is 0 Å². The van der Waals surface area contributed by atoms with Crippen molar-refractivity contribution in [3.63, 3.8) is 0 Å². The van der Waals surface area contributed by atoms with E-state index in [1.54, 1.807) is 0 Å². The Morgan fingerprint density at radius 1 is 1.35 bits per heavy atom. The highest BCUT2D eigenvalue weighted by atomic mass is 32.2. The topological polar surface area (TPSA) is 32.3 Å². The lowest BCUT2D eigenvalue weighted by Crippen LogP contribution is -2.45. The van der Waals surface area contributed by atoms with Crippen molar-refractivity contribution in [2.24, 2.45) is 5.92 Å². The molecule has 17 heavy (non-hydrogen) atoms. The normalized spacial score (nSPS) is 23.6. The van der Waals surface area contributed by atoms with Crippen molar-refractivity contribution in [1.82, 2.24) is 9.62 Å². The first-order valence-corrected chi connectivity index (χ1v) is 7.90. The van der Waals surface area contributed by atoms with Gasteiger partial charge >= 0.3 is 0 Å². The second kappa shape index (κ2) is 6.30. The summed E-state index contributed by atoms with van der Waals surface area (Å²) in [7, 11) is -0.943. The van der Waals surface area contributed by atoms with Crippen molar-refractivity contribution in [2.75, 3.05) is 19.6 Å². The Bertz CT molecular complexity index is 255. The van der Waals surface area contributed by atoms with Gasteiger partial charge in [0.25, 0.3) is 0 Å². The summed E-state index contributed by atoms with van der Waals surface area (Å²) in [6.07, 6.45) is 2.45. The number of hydrogen-bond acceptors (Lipinski definition) is 2. The van der Waals surface area contributed by atoms with Crippen LogP contribution in [0.3, 0.4) is 0 Å². The minimum absolute atomic E-state index is 0.168. The van der Waals surface area contributed by atoms with Crippen LogP contribution < -0.4 is 4.72 Å². The molecule has 1 fully saturated rings. The van der Waals surface area contributed by atoms with Gasteiger partial charge in [0.1, 0.15) is 0 Å². The number of rotatable bonds is 4. The van der Waals surface area contributed by atoms with Gasteiger partial charge in [0, 0.05) is 6.04 Å². The van der Waals surface area contributed by atoms with Crippen LogP contribution in [0.1, 0.15) is 47.5 Å². The molecule has 2 atom stereocenters. The molecule has 1 heterocycles. The fourth-order valence-electron chi connectivity index (χ4n) is 2.21. The Labute approximate surface area is 109 Å². The maximum absolute atomic E-state index is 12.0. The van der Waals surface area contributed by atoms with Gasteiger partial charge < -0.3 is 4.90 Å². The van der Waals surface area contributed by atoms with Crippen LogP contribution in [0, 0.1) is 5.92 Å². The summed E-state index contributed by atoms with van der Waals surface area (Å²) >= 11 is 0. The SMILES string of the molecule is CCN1CCC([C@@H](C)N[S@@](=O)C(C)(C)C)CC1. The van der Waals surface area contributed by atoms with Gasteiger partial charge in [0.15, 0.2) is 0 Å². The van der Waals surface area contributed by atoms with E-state index in [1.807, 2.05) is 20.8 Å². The molecule has 1 aliphatic rings. The van der Waals surface area contributed by atoms with Crippen molar-refractivity contribution in [3.8, 4) is 0 Å². The van der Waals surface area contributed by atoms with Crippen LogP contribution in [0.25, 0.3) is 0 Å². The molecule has 4 heteroatoms. The van der Waals surface area contributed by atoms with Gasteiger partial charge in [-0.25, -0.2) is 8.93 Å². The predicted molar refractivity (Wildman–Crippen MR) is 75.3 cm³/mol. The first kappa shape index (κ1) is 15.1. The number of nitrogens with zero attached hydrogens (tertiary/aromatic N) is 1. The first-order valence-electron chi connectivity index (χ1n) is 6.75. The second-order valence-corrected chi connectivity index (χ2v) is 8.06. The molecule has 0 aromatic rings. The summed E-state index contributed by atoms with van der Waals surface area (Å²) in [5, 5.41) is 0. The van der Waals surface area contributed by atoms with Gasteiger partial charge in [0.2, 0.25) is 0 Å². The monoisotopic (exact) mass is 260 g/mol. The van der Waals surface area contributed by atoms with Crippen LogP contribution in [-0.2, 0) is 11.0 Å². The van der Waals surface area contributed by atoms with E-state index in [1.165, 1.54) is 25.9 Å². The second-order valence-electron chi connectivity index (χ2n) is 6.06. The third-order valence-corrected chi connectivity index (χ3v) is 5.33. The Morgan fingerprint density at radius 2 is 1.88 bits per heavy atom. The van der Waals surface area contributed by atoms with E-state index in [4.69, 9.17) is 0 Å². The van der Waals surface area contributed by atoms with Gasteiger partial charge in [0.05, 0.1) is 15.7 Å². The Hall–Kier alpha value is 0.0700. The van der Waals surface area contributed by atoms with Crippen LogP contribution in [-0.4, -0.2) is 39.5 Å². The van der Waals surface area contributed by atoms with Crippen LogP contribution in [0.4, 0.5) is 0 Å². The maximum atomic E-state index is 12.0. The van der Waals surface area contributed by atoms with Crippen molar-refractivity contribution in [2.45, 2.75) is 58.2 Å². The summed E-state index contributed by atoms with van der Waals surface area (Å²) in [4.78, 5) is 2.49. The number of likely N-dealkylation sites (tertiary alicyclic amines) is 1. The highest BCUT2D eigenvalue weighted by Crippen LogP contribution is 2.21. The lowest BCUT2D eigenvalue weighted by molar-refractivity contribution is 0.176. The van der Waals surface area contributed by atoms with Crippen LogP contribution in [0.15, 0.2) is 0 Å². The summed E-state index contributed by atoms with van der Waals surface area (Å²) in [5.74, 6) is 0.670. The average molecular weight is 260 g/mol. The standard InChI is InChI=1S/C13H28N2OS/c1-6-15-9-7-12(8-10-15)11(2)14-17(16)13(3,4)5/h11-12,14H,6-10H2,1-5H3/t11-,17+/m1/s1. The Balaban J connectivity index is 2.39. The average Bonchev–Trinajstić information content (AvgIpc) is 2.27. The zero-order valence-corrected chi connectivity index (χ0v) is 12.8. The third-order valence-electron chi connectivity index (χ3n) is 3.64. The summed E-state index contributed by atoms with van der Waals surface area (Å²) in [6, 6.07) is 0.356. The van der Waals surface area contributed by atoms with Gasteiger partial charge in [-0.1, -0.05) is 6.92 Å². The van der Waals surface area contributed by atoms with Gasteiger partial charge in [-0.3, -0.25) is 0 Å². The van der Waals surface area contributed by atoms with Crippen molar-refractivity contribution in [1.29, 1.82) is 0 Å². The highest BCUT2D eigenvalue weighted by Gasteiger charge is 2.27. The summed E-state index contributed by atoms with van der Waals surface area (Å²) < 4.78 is 15.1. The van der Waals surface area contributed by atoms with E-state index in [0.29, 0.717) is 12.0 Å². The molecule has 0 unspecified atom stereocenters. The predicted octanol–water partition coefficient (Wildman–Crippen LogP) is 2.16. The van der Waals surface area contributed by atoms with Crippen molar-refractivity contribution < 1.29 is 4.21 Å². The molecule has 0 saturated carbocycles. The van der Waals surface area contributed by atoms with E-state index in [2.05, 4.69) is 23.5 Å². The minimum Gasteiger partial charge on any atom is -0.304 e. The molecule has 1 N–H and O–H groups in total. The van der Waals surface area contributed by atoms with E-state index in [0.717, 1.165) is 6.54 Å².